The maximum absolute atomic E-state index is 13.0. The van der Waals surface area contributed by atoms with Crippen LogP contribution >= 0.6 is 11.6 Å². The van der Waals surface area contributed by atoms with Gasteiger partial charge >= 0.3 is 0 Å². The summed E-state index contributed by atoms with van der Waals surface area (Å²) in [7, 11) is -2.31. The molecule has 10 heteroatoms. The molecule has 0 aliphatic rings. The van der Waals surface area contributed by atoms with Crippen LogP contribution in [0.5, 0.6) is 0 Å². The molecule has 0 fully saturated rings. The number of anilines is 1. The number of hydrogen-bond acceptors (Lipinski definition) is 4. The Kier molecular flexibility index (Phi) is 7.42. The van der Waals surface area contributed by atoms with Crippen molar-refractivity contribution in [2.45, 2.75) is 24.3 Å². The van der Waals surface area contributed by atoms with Crippen LogP contribution in [0.25, 0.3) is 0 Å². The lowest BCUT2D eigenvalue weighted by Crippen LogP contribution is -2.28. The number of hydrogen-bond donors (Lipinski definition) is 1. The first-order chi connectivity index (χ1) is 14.8. The average molecular weight is 465 g/mol. The molecule has 3 rings (SSSR count). The molecule has 31 heavy (non-hydrogen) atoms. The molecule has 1 heterocycles. The molecule has 1 aromatic heterocycles. The van der Waals surface area contributed by atoms with E-state index in [0.717, 1.165) is 22.0 Å². The van der Waals surface area contributed by atoms with Gasteiger partial charge in [0.05, 0.1) is 17.6 Å². The number of sulfonamides is 1. The summed E-state index contributed by atoms with van der Waals surface area (Å²) in [6, 6.07) is 13.7. The van der Waals surface area contributed by atoms with Gasteiger partial charge in [-0.15, -0.1) is 0 Å². The minimum absolute atomic E-state index is 0.00644. The zero-order chi connectivity index (χ0) is 22.4. The quantitative estimate of drug-likeness (QED) is 0.522. The van der Waals surface area contributed by atoms with Crippen molar-refractivity contribution in [2.75, 3.05) is 18.9 Å². The van der Waals surface area contributed by atoms with E-state index < -0.39 is 15.8 Å². The van der Waals surface area contributed by atoms with Crippen molar-refractivity contribution in [3.05, 3.63) is 77.2 Å². The van der Waals surface area contributed by atoms with Gasteiger partial charge in [0.15, 0.2) is 0 Å². The molecule has 2 aromatic carbocycles. The first kappa shape index (κ1) is 22.9. The summed E-state index contributed by atoms with van der Waals surface area (Å²) in [4.78, 5) is 12.3. The molecule has 164 valence electrons. The Balaban J connectivity index is 1.51. The van der Waals surface area contributed by atoms with Crippen LogP contribution in [0, 0.1) is 5.82 Å². The van der Waals surface area contributed by atoms with Crippen LogP contribution in [0.15, 0.2) is 65.7 Å². The molecule has 0 atom stereocenters. The number of aromatic nitrogens is 2. The molecule has 0 unspecified atom stereocenters. The molecule has 1 N–H and O–H groups in total. The topological polar surface area (TPSA) is 84.3 Å². The summed E-state index contributed by atoms with van der Waals surface area (Å²) >= 11 is 5.90. The summed E-state index contributed by atoms with van der Waals surface area (Å²) in [5.41, 5.74) is 0.983. The number of benzene rings is 2. The number of nitrogens with one attached hydrogen (secondary N) is 1. The van der Waals surface area contributed by atoms with Gasteiger partial charge in [-0.1, -0.05) is 23.7 Å². The summed E-state index contributed by atoms with van der Waals surface area (Å²) in [5.74, 6) is -0.203. The second-order valence-corrected chi connectivity index (χ2v) is 9.41. The van der Waals surface area contributed by atoms with Crippen molar-refractivity contribution >= 4 is 33.3 Å². The summed E-state index contributed by atoms with van der Waals surface area (Å²) in [6.45, 7) is 0.621. The largest absolute Gasteiger partial charge is 0.311 e. The van der Waals surface area contributed by atoms with Crippen molar-refractivity contribution in [3.8, 4) is 0 Å². The van der Waals surface area contributed by atoms with Crippen molar-refractivity contribution in [2.24, 2.45) is 0 Å². The van der Waals surface area contributed by atoms with Gasteiger partial charge < -0.3 is 5.32 Å². The van der Waals surface area contributed by atoms with E-state index in [1.807, 2.05) is 12.1 Å². The van der Waals surface area contributed by atoms with Gasteiger partial charge in [0.1, 0.15) is 11.6 Å². The molecule has 0 radical (unpaired) electrons. The van der Waals surface area contributed by atoms with Crippen LogP contribution in [0.3, 0.4) is 0 Å². The third-order valence-corrected chi connectivity index (χ3v) is 6.75. The molecule has 3 aromatic rings. The smallest absolute Gasteiger partial charge is 0.242 e. The fourth-order valence-electron chi connectivity index (χ4n) is 2.90. The highest BCUT2D eigenvalue weighted by Gasteiger charge is 2.20. The van der Waals surface area contributed by atoms with Crippen LogP contribution in [0.4, 0.5) is 10.2 Å². The number of rotatable bonds is 9. The van der Waals surface area contributed by atoms with Gasteiger partial charge in [-0.05, 0) is 48.4 Å². The molecule has 0 saturated heterocycles. The van der Waals surface area contributed by atoms with E-state index in [0.29, 0.717) is 23.8 Å². The van der Waals surface area contributed by atoms with Crippen molar-refractivity contribution in [1.82, 2.24) is 14.1 Å². The van der Waals surface area contributed by atoms with Crippen molar-refractivity contribution in [1.29, 1.82) is 0 Å². The Morgan fingerprint density at radius 1 is 1.13 bits per heavy atom. The molecule has 7 nitrogen and oxygen atoms in total. The van der Waals surface area contributed by atoms with E-state index in [9.17, 15) is 17.6 Å². The van der Waals surface area contributed by atoms with Crippen LogP contribution in [0.2, 0.25) is 5.02 Å². The van der Waals surface area contributed by atoms with Gasteiger partial charge in [-0.25, -0.2) is 21.8 Å². The van der Waals surface area contributed by atoms with E-state index >= 15 is 0 Å². The van der Waals surface area contributed by atoms with Gasteiger partial charge in [0.2, 0.25) is 15.9 Å². The number of nitrogens with zero attached hydrogens (tertiary/aromatic N) is 3. The predicted octanol–water partition coefficient (Wildman–Crippen LogP) is 3.76. The molecule has 0 aliphatic heterocycles. The monoisotopic (exact) mass is 464 g/mol. The Bertz CT molecular complexity index is 1130. The lowest BCUT2D eigenvalue weighted by Gasteiger charge is -2.17. The maximum Gasteiger partial charge on any atom is 0.242 e. The second-order valence-electron chi connectivity index (χ2n) is 6.93. The Labute approximate surface area is 185 Å². The molecule has 0 saturated carbocycles. The first-order valence-electron chi connectivity index (χ1n) is 9.54. The fourth-order valence-corrected chi connectivity index (χ4v) is 4.24. The number of halogens is 2. The van der Waals surface area contributed by atoms with E-state index in [1.54, 1.807) is 29.1 Å². The third kappa shape index (κ3) is 6.13. The second kappa shape index (κ2) is 10.0. The van der Waals surface area contributed by atoms with Crippen LogP contribution in [-0.2, 0) is 21.4 Å². The van der Waals surface area contributed by atoms with E-state index in [4.69, 9.17) is 11.6 Å². The Morgan fingerprint density at radius 3 is 2.48 bits per heavy atom. The Hall–Kier alpha value is -2.75. The SMILES string of the molecule is CN(CCCC(=O)Nc1ccnn1Cc1ccc(Cl)cc1)S(=O)(=O)c1ccc(F)cc1. The number of carbonyl (C=O) groups excluding carboxylic acids is 1. The number of amides is 1. The molecule has 0 spiro atoms. The van der Waals surface area contributed by atoms with E-state index in [2.05, 4.69) is 10.4 Å². The van der Waals surface area contributed by atoms with Crippen LogP contribution in [0.1, 0.15) is 18.4 Å². The molecule has 0 bridgehead atoms. The first-order valence-corrected chi connectivity index (χ1v) is 11.4. The van der Waals surface area contributed by atoms with Gasteiger partial charge in [0.25, 0.3) is 0 Å². The lowest BCUT2D eigenvalue weighted by molar-refractivity contribution is -0.116. The fraction of sp³-hybridized carbons (Fsp3) is 0.238. The molecular weight excluding hydrogens is 443 g/mol. The molecular formula is C21H22ClFN4O3S. The summed E-state index contributed by atoms with van der Waals surface area (Å²) in [5, 5.41) is 7.66. The summed E-state index contributed by atoms with van der Waals surface area (Å²) in [6.07, 6.45) is 2.05. The van der Waals surface area contributed by atoms with Crippen LogP contribution < -0.4 is 5.32 Å². The highest BCUT2D eigenvalue weighted by Crippen LogP contribution is 2.16. The average Bonchev–Trinajstić information content (AvgIpc) is 3.16. The van der Waals surface area contributed by atoms with E-state index in [-0.39, 0.29) is 23.8 Å². The zero-order valence-electron chi connectivity index (χ0n) is 16.8. The van der Waals surface area contributed by atoms with Crippen molar-refractivity contribution < 1.29 is 17.6 Å². The third-order valence-electron chi connectivity index (χ3n) is 4.63. The van der Waals surface area contributed by atoms with Crippen LogP contribution in [-0.4, -0.2) is 42.0 Å². The maximum atomic E-state index is 13.0. The normalized spacial score (nSPS) is 11.6. The lowest BCUT2D eigenvalue weighted by atomic mass is 10.2. The van der Waals surface area contributed by atoms with Gasteiger partial charge in [-0.2, -0.15) is 5.10 Å². The minimum Gasteiger partial charge on any atom is -0.311 e. The zero-order valence-corrected chi connectivity index (χ0v) is 18.4. The Morgan fingerprint density at radius 2 is 1.81 bits per heavy atom. The predicted molar refractivity (Wildman–Crippen MR) is 117 cm³/mol. The van der Waals surface area contributed by atoms with Gasteiger partial charge in [-0.3, -0.25) is 4.79 Å². The number of carbonyl (C=O) groups is 1. The standard InChI is InChI=1S/C21H22ClFN4O3S/c1-26(31(29,30)19-10-8-18(23)9-11-19)14-2-3-21(28)25-20-12-13-24-27(20)15-16-4-6-17(22)7-5-16/h4-13H,2-3,14-15H2,1H3,(H,25,28). The summed E-state index contributed by atoms with van der Waals surface area (Å²) < 4.78 is 40.8. The minimum atomic E-state index is -3.74. The van der Waals surface area contributed by atoms with Crippen molar-refractivity contribution in [3.63, 3.8) is 0 Å². The highest BCUT2D eigenvalue weighted by atomic mass is 35.5. The molecule has 1 amide bonds. The van der Waals surface area contributed by atoms with Gasteiger partial charge in [0, 0.05) is 31.1 Å². The molecule has 0 aliphatic carbocycles. The van der Waals surface area contributed by atoms with E-state index in [1.165, 1.54) is 19.2 Å². The highest BCUT2D eigenvalue weighted by molar-refractivity contribution is 7.89.